The van der Waals surface area contributed by atoms with Crippen molar-refractivity contribution in [1.82, 2.24) is 4.98 Å². The van der Waals surface area contributed by atoms with Crippen molar-refractivity contribution in [1.29, 1.82) is 0 Å². The molecular formula is C51H38N2Si. The maximum absolute atomic E-state index is 4.85. The van der Waals surface area contributed by atoms with Gasteiger partial charge in [0, 0.05) is 28.5 Å². The summed E-state index contributed by atoms with van der Waals surface area (Å²) >= 11 is 0. The van der Waals surface area contributed by atoms with Crippen molar-refractivity contribution < 1.29 is 0 Å². The minimum atomic E-state index is -2.82. The Balaban J connectivity index is 1.16. The molecule has 0 aliphatic carbocycles. The second kappa shape index (κ2) is 14.7. The van der Waals surface area contributed by atoms with E-state index in [0.717, 1.165) is 22.8 Å². The SMILES string of the molecule is c1ccc(N(c2ccc(-c3ccc([Si](c4ccccc4)(c4ccccc4)c4ccccc4-c4ccccn4)cc3)cc2)c2cccc3ccccc23)cc1. The van der Waals surface area contributed by atoms with E-state index >= 15 is 0 Å². The van der Waals surface area contributed by atoms with Gasteiger partial charge in [0.2, 0.25) is 0 Å². The summed E-state index contributed by atoms with van der Waals surface area (Å²) in [6, 6.07) is 81.4. The molecule has 0 aliphatic heterocycles. The van der Waals surface area contributed by atoms with Gasteiger partial charge in [-0.3, -0.25) is 4.98 Å². The lowest BCUT2D eigenvalue weighted by molar-refractivity contribution is 1.30. The van der Waals surface area contributed by atoms with Gasteiger partial charge in [0.05, 0.1) is 11.4 Å². The van der Waals surface area contributed by atoms with Crippen molar-refractivity contribution in [2.24, 2.45) is 0 Å². The van der Waals surface area contributed by atoms with Crippen molar-refractivity contribution in [2.75, 3.05) is 4.90 Å². The van der Waals surface area contributed by atoms with Gasteiger partial charge >= 0.3 is 0 Å². The van der Waals surface area contributed by atoms with E-state index in [9.17, 15) is 0 Å². The Bertz CT molecular complexity index is 2580. The Morgan fingerprint density at radius 3 is 1.56 bits per heavy atom. The lowest BCUT2D eigenvalue weighted by atomic mass is 10.0. The van der Waals surface area contributed by atoms with Gasteiger partial charge in [-0.25, -0.2) is 0 Å². The normalized spacial score (nSPS) is 11.3. The quantitative estimate of drug-likeness (QED) is 0.110. The molecule has 0 saturated heterocycles. The Labute approximate surface area is 318 Å². The van der Waals surface area contributed by atoms with Crippen LogP contribution in [0.3, 0.4) is 0 Å². The van der Waals surface area contributed by atoms with Crippen LogP contribution in [0.2, 0.25) is 0 Å². The van der Waals surface area contributed by atoms with Crippen molar-refractivity contribution in [3.05, 3.63) is 231 Å². The van der Waals surface area contributed by atoms with Gasteiger partial charge in [-0.2, -0.15) is 0 Å². The summed E-state index contributed by atoms with van der Waals surface area (Å²) in [5.41, 5.74) is 7.92. The molecule has 0 fully saturated rings. The molecule has 256 valence electrons. The molecule has 0 unspecified atom stereocenters. The number of para-hydroxylation sites is 1. The standard InChI is InChI=1S/C51H38N2Si/c1-4-19-42(20-5-1)53(50-28-16-18-41-17-10-11-25-47(41)50)43-34-30-39(31-35-43)40-32-36-46(37-33-40)54(44-21-6-2-7-22-44,45-23-8-3-9-24-45)51-29-13-12-26-48(51)49-27-14-15-38-52-49/h1-38H. The highest BCUT2D eigenvalue weighted by Gasteiger charge is 2.43. The van der Waals surface area contributed by atoms with Crippen LogP contribution in [0.4, 0.5) is 17.1 Å². The topological polar surface area (TPSA) is 16.1 Å². The van der Waals surface area contributed by atoms with E-state index in [0.29, 0.717) is 0 Å². The zero-order chi connectivity index (χ0) is 36.2. The van der Waals surface area contributed by atoms with Gasteiger partial charge in [-0.05, 0) is 79.7 Å². The lowest BCUT2D eigenvalue weighted by Crippen LogP contribution is -2.75. The molecular weight excluding hydrogens is 669 g/mol. The Morgan fingerprint density at radius 1 is 0.370 bits per heavy atom. The molecule has 3 heteroatoms. The summed E-state index contributed by atoms with van der Waals surface area (Å²) < 4.78 is 0. The van der Waals surface area contributed by atoms with Gasteiger partial charge < -0.3 is 4.90 Å². The molecule has 54 heavy (non-hydrogen) atoms. The molecule has 0 spiro atoms. The van der Waals surface area contributed by atoms with Gasteiger partial charge in [-0.1, -0.05) is 182 Å². The minimum absolute atomic E-state index is 0.988. The smallest absolute Gasteiger partial charge is 0.180 e. The van der Waals surface area contributed by atoms with Crippen LogP contribution in [-0.2, 0) is 0 Å². The number of hydrogen-bond acceptors (Lipinski definition) is 2. The molecule has 1 aromatic heterocycles. The summed E-state index contributed by atoms with van der Waals surface area (Å²) in [7, 11) is -2.82. The summed E-state index contributed by atoms with van der Waals surface area (Å²) in [6.45, 7) is 0. The second-order valence-corrected chi connectivity index (χ2v) is 17.3. The maximum atomic E-state index is 4.85. The molecule has 0 N–H and O–H groups in total. The number of hydrogen-bond donors (Lipinski definition) is 0. The van der Waals surface area contributed by atoms with Crippen LogP contribution < -0.4 is 25.6 Å². The van der Waals surface area contributed by atoms with E-state index in [1.54, 1.807) is 0 Å². The zero-order valence-electron chi connectivity index (χ0n) is 29.8. The third-order valence-corrected chi connectivity index (χ3v) is 15.3. The largest absolute Gasteiger partial charge is 0.310 e. The number of aromatic nitrogens is 1. The van der Waals surface area contributed by atoms with E-state index in [2.05, 4.69) is 223 Å². The van der Waals surface area contributed by atoms with Gasteiger partial charge in [0.1, 0.15) is 0 Å². The summed E-state index contributed by atoms with van der Waals surface area (Å²) in [5.74, 6) is 0. The first-order valence-electron chi connectivity index (χ1n) is 18.5. The Kier molecular flexibility index (Phi) is 8.98. The van der Waals surface area contributed by atoms with Crippen LogP contribution >= 0.6 is 0 Å². The molecule has 0 aliphatic rings. The number of fused-ring (bicyclic) bond motifs is 1. The third kappa shape index (κ3) is 6.01. The van der Waals surface area contributed by atoms with Crippen LogP contribution in [0.25, 0.3) is 33.2 Å². The molecule has 2 nitrogen and oxygen atoms in total. The molecule has 0 bridgehead atoms. The van der Waals surface area contributed by atoms with E-state index in [4.69, 9.17) is 4.98 Å². The lowest BCUT2D eigenvalue weighted by Gasteiger charge is -2.36. The van der Waals surface area contributed by atoms with Crippen LogP contribution in [-0.4, -0.2) is 13.1 Å². The zero-order valence-corrected chi connectivity index (χ0v) is 30.8. The molecule has 8 aromatic carbocycles. The molecule has 9 rings (SSSR count). The summed E-state index contributed by atoms with van der Waals surface area (Å²) in [6.07, 6.45) is 1.89. The molecule has 0 saturated carbocycles. The Morgan fingerprint density at radius 2 is 0.889 bits per heavy atom. The minimum Gasteiger partial charge on any atom is -0.310 e. The second-order valence-electron chi connectivity index (χ2n) is 13.5. The fourth-order valence-corrected chi connectivity index (χ4v) is 13.0. The van der Waals surface area contributed by atoms with Crippen LogP contribution in [0, 0.1) is 0 Å². The van der Waals surface area contributed by atoms with E-state index in [1.165, 1.54) is 48.2 Å². The molecule has 1 heterocycles. The monoisotopic (exact) mass is 706 g/mol. The number of rotatable bonds is 9. The predicted octanol–water partition coefficient (Wildman–Crippen LogP) is 10.4. The first-order valence-corrected chi connectivity index (χ1v) is 20.5. The highest BCUT2D eigenvalue weighted by atomic mass is 28.3. The number of pyridine rings is 1. The van der Waals surface area contributed by atoms with Crippen LogP contribution in [0.1, 0.15) is 0 Å². The van der Waals surface area contributed by atoms with Crippen molar-refractivity contribution >= 4 is 56.7 Å². The molecule has 0 amide bonds. The number of anilines is 3. The predicted molar refractivity (Wildman–Crippen MR) is 231 cm³/mol. The average Bonchev–Trinajstić information content (AvgIpc) is 3.26. The summed E-state index contributed by atoms with van der Waals surface area (Å²) in [4.78, 5) is 7.20. The van der Waals surface area contributed by atoms with Crippen LogP contribution in [0.15, 0.2) is 231 Å². The van der Waals surface area contributed by atoms with Crippen molar-refractivity contribution in [3.63, 3.8) is 0 Å². The van der Waals surface area contributed by atoms with E-state index in [-0.39, 0.29) is 0 Å². The van der Waals surface area contributed by atoms with Crippen molar-refractivity contribution in [3.8, 4) is 22.4 Å². The Hall–Kier alpha value is -6.81. The fourth-order valence-electron chi connectivity index (χ4n) is 8.02. The van der Waals surface area contributed by atoms with E-state index in [1.807, 2.05) is 12.3 Å². The maximum Gasteiger partial charge on any atom is 0.180 e. The highest BCUT2D eigenvalue weighted by molar-refractivity contribution is 7.20. The first-order chi connectivity index (χ1) is 26.8. The molecule has 0 radical (unpaired) electrons. The number of benzene rings is 8. The fraction of sp³-hybridized carbons (Fsp3) is 0. The average molecular weight is 707 g/mol. The highest BCUT2D eigenvalue weighted by Crippen LogP contribution is 2.39. The van der Waals surface area contributed by atoms with Gasteiger partial charge in [-0.15, -0.1) is 0 Å². The molecule has 0 atom stereocenters. The third-order valence-electron chi connectivity index (χ3n) is 10.5. The summed E-state index contributed by atoms with van der Waals surface area (Å²) in [5, 5.41) is 7.78. The van der Waals surface area contributed by atoms with Gasteiger partial charge in [0.25, 0.3) is 0 Å². The first kappa shape index (κ1) is 33.1. The van der Waals surface area contributed by atoms with Crippen molar-refractivity contribution in [2.45, 2.75) is 0 Å². The van der Waals surface area contributed by atoms with Crippen LogP contribution in [0.5, 0.6) is 0 Å². The molecule has 9 aromatic rings. The number of nitrogens with zero attached hydrogens (tertiary/aromatic N) is 2. The van der Waals surface area contributed by atoms with E-state index < -0.39 is 8.07 Å². The van der Waals surface area contributed by atoms with Gasteiger partial charge in [0.15, 0.2) is 8.07 Å².